The molecule has 0 aliphatic carbocycles. The van der Waals surface area contributed by atoms with Gasteiger partial charge in [-0.15, -0.1) is 0 Å². The van der Waals surface area contributed by atoms with Crippen LogP contribution in [0.1, 0.15) is 57.9 Å². The monoisotopic (exact) mass is 474 g/mol. The summed E-state index contributed by atoms with van der Waals surface area (Å²) in [6.45, 7) is 4.53. The van der Waals surface area contributed by atoms with Crippen molar-refractivity contribution in [1.29, 1.82) is 0 Å². The maximum absolute atomic E-state index is 11.3. The SMILES string of the molecule is COC(=O)CCCCCC1(C)C(C)=[N+](CCCS(=O)(=O)[O-])c2ccc(SOO[O-])cc21. The molecule has 0 amide bonds. The zero-order chi connectivity index (χ0) is 23.1. The van der Waals surface area contributed by atoms with Gasteiger partial charge in [-0.1, -0.05) is 12.8 Å². The Morgan fingerprint density at radius 2 is 1.97 bits per heavy atom. The van der Waals surface area contributed by atoms with Gasteiger partial charge in [0, 0.05) is 42.0 Å². The summed E-state index contributed by atoms with van der Waals surface area (Å²) in [5, 5.41) is 13.6. The Morgan fingerprint density at radius 1 is 1.23 bits per heavy atom. The molecule has 1 atom stereocenters. The fourth-order valence-corrected chi connectivity index (χ4v) is 4.88. The summed E-state index contributed by atoms with van der Waals surface area (Å²) < 4.78 is 44.2. The van der Waals surface area contributed by atoms with Crippen LogP contribution in [0.3, 0.4) is 0 Å². The van der Waals surface area contributed by atoms with Crippen LogP contribution in [0.5, 0.6) is 0 Å². The lowest BCUT2D eigenvalue weighted by Gasteiger charge is -2.22. The number of unbranched alkanes of at least 4 members (excludes halogenated alkanes) is 2. The second kappa shape index (κ2) is 11.4. The van der Waals surface area contributed by atoms with Crippen molar-refractivity contribution >= 4 is 39.5 Å². The lowest BCUT2D eigenvalue weighted by molar-refractivity contribution is -0.777. The zero-order valence-electron chi connectivity index (χ0n) is 17.9. The van der Waals surface area contributed by atoms with E-state index in [0.717, 1.165) is 54.7 Å². The van der Waals surface area contributed by atoms with Gasteiger partial charge < -0.3 is 14.5 Å². The lowest BCUT2D eigenvalue weighted by atomic mass is 9.76. The molecule has 1 aromatic rings. The molecule has 11 heteroatoms. The minimum absolute atomic E-state index is 0.220. The molecule has 1 heterocycles. The summed E-state index contributed by atoms with van der Waals surface area (Å²) in [5.74, 6) is -0.638. The molecule has 0 aromatic heterocycles. The van der Waals surface area contributed by atoms with Crippen molar-refractivity contribution in [2.75, 3.05) is 19.4 Å². The number of methoxy groups -OCH3 is 1. The highest BCUT2D eigenvalue weighted by atomic mass is 32.2. The maximum atomic E-state index is 11.3. The van der Waals surface area contributed by atoms with Crippen molar-refractivity contribution in [2.24, 2.45) is 0 Å². The van der Waals surface area contributed by atoms with Crippen LogP contribution in [0, 0.1) is 0 Å². The van der Waals surface area contributed by atoms with Crippen LogP contribution in [-0.2, 0) is 34.4 Å². The van der Waals surface area contributed by atoms with Crippen LogP contribution < -0.4 is 5.26 Å². The van der Waals surface area contributed by atoms with Gasteiger partial charge in [-0.25, -0.2) is 8.42 Å². The van der Waals surface area contributed by atoms with Gasteiger partial charge in [-0.2, -0.15) is 8.91 Å². The first-order valence-electron chi connectivity index (χ1n) is 10.0. The first kappa shape index (κ1) is 25.8. The van der Waals surface area contributed by atoms with Crippen molar-refractivity contribution in [1.82, 2.24) is 0 Å². The fourth-order valence-electron chi connectivity index (χ4n) is 4.00. The Hall–Kier alpha value is -1.50. The fraction of sp³-hybridized carbons (Fsp3) is 0.600. The van der Waals surface area contributed by atoms with E-state index in [1.807, 2.05) is 23.6 Å². The largest absolute Gasteiger partial charge is 0.748 e. The predicted molar refractivity (Wildman–Crippen MR) is 112 cm³/mol. The highest BCUT2D eigenvalue weighted by Crippen LogP contribution is 2.44. The minimum atomic E-state index is -4.27. The van der Waals surface area contributed by atoms with Crippen LogP contribution in [0.25, 0.3) is 0 Å². The zero-order valence-corrected chi connectivity index (χ0v) is 19.6. The Bertz CT molecular complexity index is 916. The van der Waals surface area contributed by atoms with Crippen LogP contribution in [-0.4, -0.2) is 48.6 Å². The number of ether oxygens (including phenoxy) is 1. The predicted octanol–water partition coefficient (Wildman–Crippen LogP) is 2.35. The molecule has 1 aliphatic rings. The van der Waals surface area contributed by atoms with E-state index >= 15 is 0 Å². The molecule has 1 aliphatic heterocycles. The van der Waals surface area contributed by atoms with Gasteiger partial charge in [-0.3, -0.25) is 9.83 Å². The summed E-state index contributed by atoms with van der Waals surface area (Å²) in [5.41, 5.74) is 2.70. The van der Waals surface area contributed by atoms with E-state index in [1.54, 1.807) is 6.07 Å². The highest BCUT2D eigenvalue weighted by molar-refractivity contribution is 7.94. The van der Waals surface area contributed by atoms with Crippen LogP contribution >= 0.6 is 12.0 Å². The van der Waals surface area contributed by atoms with E-state index in [1.165, 1.54) is 7.11 Å². The van der Waals surface area contributed by atoms with Crippen LogP contribution in [0.4, 0.5) is 5.69 Å². The van der Waals surface area contributed by atoms with Crippen LogP contribution in [0.15, 0.2) is 23.1 Å². The molecule has 1 unspecified atom stereocenters. The highest BCUT2D eigenvalue weighted by Gasteiger charge is 2.46. The smallest absolute Gasteiger partial charge is 0.305 e. The number of hydrogen-bond donors (Lipinski definition) is 0. The van der Waals surface area contributed by atoms with E-state index in [4.69, 9.17) is 0 Å². The van der Waals surface area contributed by atoms with Crippen molar-refractivity contribution < 1.29 is 41.7 Å². The van der Waals surface area contributed by atoms with E-state index in [-0.39, 0.29) is 17.8 Å². The molecule has 0 saturated heterocycles. The number of esters is 1. The standard InChI is InChI=1S/C20H29NO8S2/c1-15-20(2,11-6-4-5-8-19(22)27-3)17-14-16(30-29-28-23)9-10-18(17)21(15)12-7-13-31(24,25)26/h9-10,14H,4-8,11-13H2,1-3H3,(H-,23,24,25,26)/p-1. The van der Waals surface area contributed by atoms with Gasteiger partial charge in [0.1, 0.15) is 6.54 Å². The van der Waals surface area contributed by atoms with Gasteiger partial charge >= 0.3 is 5.97 Å². The molecule has 9 nitrogen and oxygen atoms in total. The quantitative estimate of drug-likeness (QED) is 0.0804. The van der Waals surface area contributed by atoms with Crippen molar-refractivity contribution in [2.45, 2.75) is 62.7 Å². The Kier molecular flexibility index (Phi) is 9.46. The maximum Gasteiger partial charge on any atom is 0.305 e. The van der Waals surface area contributed by atoms with E-state index in [9.17, 15) is 23.0 Å². The molecule has 0 radical (unpaired) electrons. The summed E-state index contributed by atoms with van der Waals surface area (Å²) >= 11 is 0.814. The van der Waals surface area contributed by atoms with E-state index in [2.05, 4.69) is 21.0 Å². The number of rotatable bonds is 13. The lowest BCUT2D eigenvalue weighted by Crippen LogP contribution is -2.30. The summed E-state index contributed by atoms with van der Waals surface area (Å²) in [7, 11) is -2.90. The van der Waals surface area contributed by atoms with E-state index in [0.29, 0.717) is 17.9 Å². The Balaban J connectivity index is 2.21. The second-order valence-electron chi connectivity index (χ2n) is 7.72. The number of fused-ring (bicyclic) bond motifs is 1. The third-order valence-electron chi connectivity index (χ3n) is 5.78. The van der Waals surface area contributed by atoms with Crippen molar-refractivity contribution in [3.63, 3.8) is 0 Å². The van der Waals surface area contributed by atoms with Crippen LogP contribution in [0.2, 0.25) is 0 Å². The average Bonchev–Trinajstić information content (AvgIpc) is 2.92. The van der Waals surface area contributed by atoms with Gasteiger partial charge in [0.2, 0.25) is 5.69 Å². The van der Waals surface area contributed by atoms with Crippen molar-refractivity contribution in [3.05, 3.63) is 23.8 Å². The topological polar surface area (TPSA) is 128 Å². The molecule has 1 aromatic carbocycles. The minimum Gasteiger partial charge on any atom is -0.748 e. The number of hydrogen-bond acceptors (Lipinski definition) is 9. The molecule has 0 spiro atoms. The summed E-state index contributed by atoms with van der Waals surface area (Å²) in [6, 6.07) is 5.61. The average molecular weight is 475 g/mol. The Labute approximate surface area is 187 Å². The number of nitrogens with zero attached hydrogens (tertiary/aromatic N) is 1. The molecule has 174 valence electrons. The molecule has 2 rings (SSSR count). The summed E-state index contributed by atoms with van der Waals surface area (Å²) in [6.07, 6.45) is 3.91. The van der Waals surface area contributed by atoms with Gasteiger partial charge in [0.25, 0.3) is 0 Å². The normalized spacial score (nSPS) is 18.4. The molecule has 0 fully saturated rings. The first-order chi connectivity index (χ1) is 14.6. The molecule has 0 bridgehead atoms. The van der Waals surface area contributed by atoms with Gasteiger partial charge in [0.15, 0.2) is 5.71 Å². The second-order valence-corrected chi connectivity index (χ2v) is 10.0. The van der Waals surface area contributed by atoms with Gasteiger partial charge in [0.05, 0.1) is 34.7 Å². The third-order valence-corrected chi connectivity index (χ3v) is 7.13. The van der Waals surface area contributed by atoms with Crippen molar-refractivity contribution in [3.8, 4) is 0 Å². The molecular weight excluding hydrogens is 446 g/mol. The molecule has 0 N–H and O–H groups in total. The third kappa shape index (κ3) is 6.99. The number of carbonyl (C=O) groups excluding carboxylic acids is 1. The summed E-state index contributed by atoms with van der Waals surface area (Å²) in [4.78, 5) is 12.0. The molecule has 0 saturated carbocycles. The Morgan fingerprint density at radius 3 is 2.61 bits per heavy atom. The molecular formula is C20H28NO8S2-. The van der Waals surface area contributed by atoms with Gasteiger partial charge in [-0.05, 0) is 31.9 Å². The first-order valence-corrected chi connectivity index (χ1v) is 12.3. The number of carbonyl (C=O) groups is 1. The molecule has 31 heavy (non-hydrogen) atoms. The van der Waals surface area contributed by atoms with E-state index < -0.39 is 15.9 Å². The number of benzene rings is 1.